The van der Waals surface area contributed by atoms with Crippen LogP contribution in [0.1, 0.15) is 16.7 Å². The van der Waals surface area contributed by atoms with Crippen LogP contribution in [0.15, 0.2) is 59.2 Å². The third kappa shape index (κ3) is 2.73. The fraction of sp³-hybridized carbons (Fsp3) is 0.0588. The monoisotopic (exact) mass is 297 g/mol. The molecule has 0 amide bonds. The molecule has 21 heavy (non-hydrogen) atoms. The molecule has 0 radical (unpaired) electrons. The van der Waals surface area contributed by atoms with E-state index in [-0.39, 0.29) is 5.70 Å². The Morgan fingerprint density at radius 2 is 1.81 bits per heavy atom. The van der Waals surface area contributed by atoms with Gasteiger partial charge in [-0.2, -0.15) is 0 Å². The molecule has 0 saturated carbocycles. The first-order chi connectivity index (χ1) is 10.1. The number of carbonyl (C=O) groups excluding carboxylic acids is 1. The van der Waals surface area contributed by atoms with Gasteiger partial charge in [-0.3, -0.25) is 0 Å². The minimum absolute atomic E-state index is 0.251. The third-order valence-electron chi connectivity index (χ3n) is 3.19. The largest absolute Gasteiger partial charge is 0.402 e. The van der Waals surface area contributed by atoms with Crippen molar-refractivity contribution in [3.8, 4) is 0 Å². The normalized spacial score (nSPS) is 16.0. The third-order valence-corrected chi connectivity index (χ3v) is 3.54. The van der Waals surface area contributed by atoms with Gasteiger partial charge in [0, 0.05) is 10.6 Å². The van der Waals surface area contributed by atoms with Crippen molar-refractivity contribution in [3.63, 3.8) is 0 Å². The number of hydrogen-bond donors (Lipinski definition) is 0. The van der Waals surface area contributed by atoms with E-state index in [9.17, 15) is 4.79 Å². The molecular formula is C17H12ClNO2. The van der Waals surface area contributed by atoms with Crippen molar-refractivity contribution in [2.24, 2.45) is 4.99 Å². The summed E-state index contributed by atoms with van der Waals surface area (Å²) in [4.78, 5) is 16.2. The van der Waals surface area contributed by atoms with Crippen molar-refractivity contribution in [3.05, 3.63) is 75.9 Å². The number of aliphatic imine (C=N–C) groups is 1. The van der Waals surface area contributed by atoms with Crippen molar-refractivity contribution in [1.82, 2.24) is 0 Å². The Balaban J connectivity index is 2.00. The fourth-order valence-corrected chi connectivity index (χ4v) is 2.27. The zero-order chi connectivity index (χ0) is 14.8. The second-order valence-electron chi connectivity index (χ2n) is 4.67. The highest BCUT2D eigenvalue weighted by atomic mass is 35.5. The average molecular weight is 298 g/mol. The van der Waals surface area contributed by atoms with Crippen LogP contribution in [0.5, 0.6) is 0 Å². The van der Waals surface area contributed by atoms with Gasteiger partial charge in [0.05, 0.1) is 0 Å². The number of cyclic esters (lactones) is 1. The number of halogens is 1. The summed E-state index contributed by atoms with van der Waals surface area (Å²) in [5, 5.41) is 0.567. The lowest BCUT2D eigenvalue weighted by molar-refractivity contribution is -0.129. The second-order valence-corrected chi connectivity index (χ2v) is 5.08. The van der Waals surface area contributed by atoms with Crippen LogP contribution in [-0.2, 0) is 9.53 Å². The van der Waals surface area contributed by atoms with Crippen LogP contribution < -0.4 is 0 Å². The molecule has 0 N–H and O–H groups in total. The first-order valence-electron chi connectivity index (χ1n) is 6.48. The van der Waals surface area contributed by atoms with Gasteiger partial charge in [-0.15, -0.1) is 0 Å². The average Bonchev–Trinajstić information content (AvgIpc) is 2.83. The SMILES string of the molecule is Cc1ccccc1C1=N/C(=C/c2ccccc2Cl)C(=O)O1. The highest BCUT2D eigenvalue weighted by Crippen LogP contribution is 2.23. The quantitative estimate of drug-likeness (QED) is 0.621. The molecule has 2 aromatic rings. The van der Waals surface area contributed by atoms with Gasteiger partial charge < -0.3 is 4.74 Å². The Bertz CT molecular complexity index is 778. The van der Waals surface area contributed by atoms with Crippen LogP contribution in [-0.4, -0.2) is 11.9 Å². The predicted molar refractivity (Wildman–Crippen MR) is 83.2 cm³/mol. The maximum atomic E-state index is 11.9. The lowest BCUT2D eigenvalue weighted by atomic mass is 10.1. The Hall–Kier alpha value is -2.39. The predicted octanol–water partition coefficient (Wildman–Crippen LogP) is 3.99. The van der Waals surface area contributed by atoms with Crippen molar-refractivity contribution in [2.45, 2.75) is 6.92 Å². The summed E-state index contributed by atoms with van der Waals surface area (Å²) in [7, 11) is 0. The number of aryl methyl sites for hydroxylation is 1. The Morgan fingerprint density at radius 1 is 1.10 bits per heavy atom. The molecule has 1 heterocycles. The second kappa shape index (κ2) is 5.54. The molecular weight excluding hydrogens is 286 g/mol. The molecule has 0 bridgehead atoms. The zero-order valence-corrected chi connectivity index (χ0v) is 12.1. The molecule has 0 unspecified atom stereocenters. The van der Waals surface area contributed by atoms with Gasteiger partial charge in [-0.05, 0) is 36.3 Å². The number of ether oxygens (including phenoxy) is 1. The van der Waals surface area contributed by atoms with E-state index in [2.05, 4.69) is 4.99 Å². The van der Waals surface area contributed by atoms with Crippen molar-refractivity contribution in [2.75, 3.05) is 0 Å². The zero-order valence-electron chi connectivity index (χ0n) is 11.3. The van der Waals surface area contributed by atoms with E-state index in [0.29, 0.717) is 10.9 Å². The molecule has 0 spiro atoms. The summed E-state index contributed by atoms with van der Waals surface area (Å²) in [5.41, 5.74) is 2.80. The molecule has 1 aliphatic rings. The molecule has 0 saturated heterocycles. The summed E-state index contributed by atoms with van der Waals surface area (Å²) in [5.74, 6) is -0.135. The van der Waals surface area contributed by atoms with Crippen molar-refractivity contribution >= 4 is 29.5 Å². The summed E-state index contributed by atoms with van der Waals surface area (Å²) < 4.78 is 5.25. The summed E-state index contributed by atoms with van der Waals surface area (Å²) >= 11 is 6.08. The van der Waals surface area contributed by atoms with Gasteiger partial charge >= 0.3 is 5.97 Å². The molecule has 1 aliphatic heterocycles. The van der Waals surface area contributed by atoms with Gasteiger partial charge in [0.25, 0.3) is 0 Å². The van der Waals surface area contributed by atoms with Gasteiger partial charge in [-0.25, -0.2) is 9.79 Å². The Kier molecular flexibility index (Phi) is 3.59. The molecule has 3 nitrogen and oxygen atoms in total. The van der Waals surface area contributed by atoms with E-state index in [1.165, 1.54) is 0 Å². The highest BCUT2D eigenvalue weighted by molar-refractivity contribution is 6.32. The van der Waals surface area contributed by atoms with E-state index in [1.54, 1.807) is 12.1 Å². The lowest BCUT2D eigenvalue weighted by Gasteiger charge is -2.02. The summed E-state index contributed by atoms with van der Waals surface area (Å²) in [6, 6.07) is 14.9. The van der Waals surface area contributed by atoms with E-state index in [0.717, 1.165) is 16.7 Å². The van der Waals surface area contributed by atoms with Gasteiger partial charge in [0.15, 0.2) is 5.70 Å². The molecule has 3 rings (SSSR count). The van der Waals surface area contributed by atoms with Crippen molar-refractivity contribution in [1.29, 1.82) is 0 Å². The molecule has 0 aromatic heterocycles. The maximum absolute atomic E-state index is 11.9. The van der Waals surface area contributed by atoms with Crippen LogP contribution in [0.2, 0.25) is 5.02 Å². The highest BCUT2D eigenvalue weighted by Gasteiger charge is 2.25. The van der Waals surface area contributed by atoms with Crippen molar-refractivity contribution < 1.29 is 9.53 Å². The summed E-state index contributed by atoms with van der Waals surface area (Å²) in [6.45, 7) is 1.95. The van der Waals surface area contributed by atoms with Crippen LogP contribution in [0.25, 0.3) is 6.08 Å². The first kappa shape index (κ1) is 13.6. The summed E-state index contributed by atoms with van der Waals surface area (Å²) in [6.07, 6.45) is 1.63. The number of hydrogen-bond acceptors (Lipinski definition) is 3. The smallest absolute Gasteiger partial charge is 0.363 e. The Labute approximate surface area is 127 Å². The van der Waals surface area contributed by atoms with E-state index < -0.39 is 5.97 Å². The number of carbonyl (C=O) groups is 1. The molecule has 0 fully saturated rings. The molecule has 2 aromatic carbocycles. The number of rotatable bonds is 2. The van der Waals surface area contributed by atoms with Crippen LogP contribution in [0.3, 0.4) is 0 Å². The van der Waals surface area contributed by atoms with Gasteiger partial charge in [0.1, 0.15) is 0 Å². The minimum atomic E-state index is -0.465. The van der Waals surface area contributed by atoms with Gasteiger partial charge in [-0.1, -0.05) is 48.0 Å². The molecule has 4 heteroatoms. The number of benzene rings is 2. The van der Waals surface area contributed by atoms with Gasteiger partial charge in [0.2, 0.25) is 5.90 Å². The maximum Gasteiger partial charge on any atom is 0.363 e. The van der Waals surface area contributed by atoms with E-state index >= 15 is 0 Å². The number of esters is 1. The standard InChI is InChI=1S/C17H12ClNO2/c1-11-6-2-4-8-13(11)16-19-15(17(20)21-16)10-12-7-3-5-9-14(12)18/h2-10H,1H3/b15-10+. The fourth-order valence-electron chi connectivity index (χ4n) is 2.08. The van der Waals surface area contributed by atoms with Crippen LogP contribution in [0.4, 0.5) is 0 Å². The topological polar surface area (TPSA) is 38.7 Å². The van der Waals surface area contributed by atoms with Crippen LogP contribution >= 0.6 is 11.6 Å². The molecule has 0 atom stereocenters. The van der Waals surface area contributed by atoms with E-state index in [1.807, 2.05) is 49.4 Å². The van der Waals surface area contributed by atoms with Crippen LogP contribution in [0, 0.1) is 6.92 Å². The Morgan fingerprint density at radius 3 is 2.57 bits per heavy atom. The molecule has 104 valence electrons. The minimum Gasteiger partial charge on any atom is -0.402 e. The van der Waals surface area contributed by atoms with E-state index in [4.69, 9.17) is 16.3 Å². The molecule has 0 aliphatic carbocycles. The number of nitrogens with zero attached hydrogens (tertiary/aromatic N) is 1. The lowest BCUT2D eigenvalue weighted by Crippen LogP contribution is -2.06. The first-order valence-corrected chi connectivity index (χ1v) is 6.86.